The van der Waals surface area contributed by atoms with Crippen molar-refractivity contribution in [2.75, 3.05) is 13.1 Å². The summed E-state index contributed by atoms with van der Waals surface area (Å²) < 4.78 is 1.51. The van der Waals surface area contributed by atoms with Crippen molar-refractivity contribution in [2.24, 2.45) is 0 Å². The first-order valence-corrected chi connectivity index (χ1v) is 9.23. The Hall–Kier alpha value is -2.97. The van der Waals surface area contributed by atoms with Crippen LogP contribution in [0, 0.1) is 0 Å². The van der Waals surface area contributed by atoms with Gasteiger partial charge < -0.3 is 10.6 Å². The molecule has 0 bridgehead atoms. The van der Waals surface area contributed by atoms with Crippen LogP contribution >= 0.6 is 11.3 Å². The van der Waals surface area contributed by atoms with Crippen LogP contribution in [0.3, 0.4) is 0 Å². The minimum atomic E-state index is -0.317. The van der Waals surface area contributed by atoms with E-state index in [1.807, 2.05) is 29.6 Å². The molecule has 1 fully saturated rings. The lowest BCUT2D eigenvalue weighted by molar-refractivity contribution is 0.0925. The van der Waals surface area contributed by atoms with Gasteiger partial charge in [0, 0.05) is 18.5 Å². The molecule has 0 radical (unpaired) electrons. The molecule has 3 N–H and O–H groups in total. The maximum absolute atomic E-state index is 12.8. The molecule has 1 aromatic carbocycles. The van der Waals surface area contributed by atoms with Gasteiger partial charge in [-0.3, -0.25) is 4.79 Å². The molecule has 0 saturated carbocycles. The van der Waals surface area contributed by atoms with E-state index in [1.165, 1.54) is 4.40 Å². The van der Waals surface area contributed by atoms with Gasteiger partial charge in [0.15, 0.2) is 5.65 Å². The second-order valence-corrected chi connectivity index (χ2v) is 7.13. The van der Waals surface area contributed by atoms with Crippen LogP contribution in [0.5, 0.6) is 0 Å². The van der Waals surface area contributed by atoms with Crippen LogP contribution in [0.15, 0.2) is 45.9 Å². The second kappa shape index (κ2) is 5.79. The van der Waals surface area contributed by atoms with Crippen LogP contribution in [0.4, 0.5) is 0 Å². The average molecular weight is 365 g/mol. The smallest absolute Gasteiger partial charge is 0.347 e. The molecule has 4 aromatic rings. The largest absolute Gasteiger partial charge is 0.348 e. The van der Waals surface area contributed by atoms with Gasteiger partial charge in [-0.1, -0.05) is 12.1 Å². The summed E-state index contributed by atoms with van der Waals surface area (Å²) in [6.07, 6.45) is 0. The van der Waals surface area contributed by atoms with Crippen molar-refractivity contribution in [2.45, 2.75) is 6.04 Å². The van der Waals surface area contributed by atoms with Gasteiger partial charge in [-0.25, -0.2) is 14.3 Å². The standard InChI is InChI=1S/C18H15N5O2S/c24-17(20-12-7-19-8-12)14-6-16-21-22-18(25)23(16)15-5-10(1-2-13(14)15)11-3-4-26-9-11/h1-6,9,12,19H,7-8H2,(H,20,24)(H,22,25). The van der Waals surface area contributed by atoms with Crippen LogP contribution in [0.2, 0.25) is 0 Å². The number of aromatic amines is 1. The summed E-state index contributed by atoms with van der Waals surface area (Å²) in [6, 6.07) is 9.63. The Morgan fingerprint density at radius 1 is 1.23 bits per heavy atom. The SMILES string of the molecule is O=C(NC1CNC1)c1cc2n[nH]c(=O)n2c2cc(-c3ccsc3)ccc12. The zero-order chi connectivity index (χ0) is 17.7. The average Bonchev–Trinajstić information content (AvgIpc) is 3.27. The third-order valence-electron chi connectivity index (χ3n) is 4.72. The van der Waals surface area contributed by atoms with Crippen LogP contribution in [-0.2, 0) is 0 Å². The molecule has 0 unspecified atom stereocenters. The van der Waals surface area contributed by atoms with E-state index in [4.69, 9.17) is 0 Å². The van der Waals surface area contributed by atoms with Crippen molar-refractivity contribution in [1.29, 1.82) is 0 Å². The number of pyridine rings is 1. The first-order valence-electron chi connectivity index (χ1n) is 8.29. The summed E-state index contributed by atoms with van der Waals surface area (Å²) in [5, 5.41) is 17.5. The monoisotopic (exact) mass is 365 g/mol. The lowest BCUT2D eigenvalue weighted by Crippen LogP contribution is -2.56. The molecule has 0 aliphatic carbocycles. The molecule has 1 aliphatic rings. The summed E-state index contributed by atoms with van der Waals surface area (Å²) in [7, 11) is 0. The molecule has 0 spiro atoms. The highest BCUT2D eigenvalue weighted by molar-refractivity contribution is 7.08. The molecule has 3 aromatic heterocycles. The maximum atomic E-state index is 12.8. The Morgan fingerprint density at radius 2 is 2.12 bits per heavy atom. The summed E-state index contributed by atoms with van der Waals surface area (Å²) in [6.45, 7) is 1.55. The number of hydrogen-bond acceptors (Lipinski definition) is 5. The van der Waals surface area contributed by atoms with E-state index in [0.717, 1.165) is 29.6 Å². The van der Waals surface area contributed by atoms with Crippen molar-refractivity contribution in [1.82, 2.24) is 25.2 Å². The number of rotatable bonds is 3. The van der Waals surface area contributed by atoms with Crippen LogP contribution in [0.25, 0.3) is 27.7 Å². The van der Waals surface area contributed by atoms with E-state index >= 15 is 0 Å². The molecular formula is C18H15N5O2S. The molecule has 4 heterocycles. The number of hydrogen-bond donors (Lipinski definition) is 3. The van der Waals surface area contributed by atoms with Gasteiger partial charge in [-0.2, -0.15) is 16.4 Å². The van der Waals surface area contributed by atoms with E-state index in [-0.39, 0.29) is 17.6 Å². The maximum Gasteiger partial charge on any atom is 0.348 e. The number of carbonyl (C=O) groups excluding carboxylic acids is 1. The number of carbonyl (C=O) groups is 1. The molecule has 1 saturated heterocycles. The molecule has 26 heavy (non-hydrogen) atoms. The number of fused-ring (bicyclic) bond motifs is 3. The summed E-state index contributed by atoms with van der Waals surface area (Å²) in [4.78, 5) is 25.0. The van der Waals surface area contributed by atoms with Gasteiger partial charge in [0.05, 0.1) is 17.1 Å². The number of benzene rings is 1. The van der Waals surface area contributed by atoms with E-state index < -0.39 is 0 Å². The molecule has 5 rings (SSSR count). The lowest BCUT2D eigenvalue weighted by Gasteiger charge is -2.28. The van der Waals surface area contributed by atoms with Crippen molar-refractivity contribution in [3.8, 4) is 11.1 Å². The first kappa shape index (κ1) is 15.3. The summed E-state index contributed by atoms with van der Waals surface area (Å²) in [5.41, 5.74) is 3.38. The Bertz CT molecular complexity index is 1190. The Balaban J connectivity index is 1.74. The number of nitrogens with zero attached hydrogens (tertiary/aromatic N) is 2. The fourth-order valence-corrected chi connectivity index (χ4v) is 3.91. The predicted octanol–water partition coefficient (Wildman–Crippen LogP) is 1.61. The van der Waals surface area contributed by atoms with E-state index in [1.54, 1.807) is 17.4 Å². The number of nitrogens with one attached hydrogen (secondary N) is 3. The zero-order valence-electron chi connectivity index (χ0n) is 13.7. The van der Waals surface area contributed by atoms with Gasteiger partial charge in [-0.15, -0.1) is 0 Å². The van der Waals surface area contributed by atoms with E-state index in [2.05, 4.69) is 26.2 Å². The van der Waals surface area contributed by atoms with Gasteiger partial charge >= 0.3 is 5.69 Å². The highest BCUT2D eigenvalue weighted by Crippen LogP contribution is 2.28. The minimum Gasteiger partial charge on any atom is -0.347 e. The molecule has 7 nitrogen and oxygen atoms in total. The van der Waals surface area contributed by atoms with E-state index in [0.29, 0.717) is 16.7 Å². The number of H-pyrrole nitrogens is 1. The molecule has 0 atom stereocenters. The highest BCUT2D eigenvalue weighted by Gasteiger charge is 2.22. The van der Waals surface area contributed by atoms with Gasteiger partial charge in [0.25, 0.3) is 5.91 Å². The van der Waals surface area contributed by atoms with Crippen molar-refractivity contribution >= 4 is 33.8 Å². The topological polar surface area (TPSA) is 91.3 Å². The van der Waals surface area contributed by atoms with Crippen LogP contribution < -0.4 is 16.3 Å². The fourth-order valence-electron chi connectivity index (χ4n) is 3.24. The van der Waals surface area contributed by atoms with Crippen LogP contribution in [-0.4, -0.2) is 39.6 Å². The van der Waals surface area contributed by atoms with Crippen molar-refractivity contribution in [3.05, 3.63) is 57.1 Å². The second-order valence-electron chi connectivity index (χ2n) is 6.35. The highest BCUT2D eigenvalue weighted by atomic mass is 32.1. The first-order chi connectivity index (χ1) is 12.7. The van der Waals surface area contributed by atoms with Crippen molar-refractivity contribution in [3.63, 3.8) is 0 Å². The Kier molecular flexibility index (Phi) is 3.41. The fraction of sp³-hybridized carbons (Fsp3) is 0.167. The van der Waals surface area contributed by atoms with Crippen molar-refractivity contribution < 1.29 is 4.79 Å². The number of amides is 1. The third-order valence-corrected chi connectivity index (χ3v) is 5.40. The molecule has 130 valence electrons. The molecule has 1 amide bonds. The molecular weight excluding hydrogens is 350 g/mol. The molecule has 8 heteroatoms. The predicted molar refractivity (Wildman–Crippen MR) is 101 cm³/mol. The number of thiophene rings is 1. The third kappa shape index (κ3) is 2.34. The van der Waals surface area contributed by atoms with Gasteiger partial charge in [0.1, 0.15) is 0 Å². The molecule has 1 aliphatic heterocycles. The summed E-state index contributed by atoms with van der Waals surface area (Å²) >= 11 is 1.61. The normalized spacial score (nSPS) is 14.6. The zero-order valence-corrected chi connectivity index (χ0v) is 14.5. The Labute approximate surface area is 151 Å². The van der Waals surface area contributed by atoms with Gasteiger partial charge in [0.2, 0.25) is 0 Å². The summed E-state index contributed by atoms with van der Waals surface area (Å²) in [5.74, 6) is -0.150. The number of aromatic nitrogens is 3. The van der Waals surface area contributed by atoms with E-state index in [9.17, 15) is 9.59 Å². The quantitative estimate of drug-likeness (QED) is 0.514. The Morgan fingerprint density at radius 3 is 2.85 bits per heavy atom. The minimum absolute atomic E-state index is 0.139. The van der Waals surface area contributed by atoms with Gasteiger partial charge in [-0.05, 0) is 40.1 Å². The lowest BCUT2D eigenvalue weighted by atomic mass is 10.0. The van der Waals surface area contributed by atoms with Crippen LogP contribution in [0.1, 0.15) is 10.4 Å².